The van der Waals surface area contributed by atoms with Gasteiger partial charge in [0.1, 0.15) is 12.2 Å². The number of hydrogen-bond donors (Lipinski definition) is 1. The summed E-state index contributed by atoms with van der Waals surface area (Å²) in [5.74, 6) is 2.95. The number of amides is 4. The van der Waals surface area contributed by atoms with E-state index in [4.69, 9.17) is 6.42 Å². The van der Waals surface area contributed by atoms with Crippen LogP contribution in [0.1, 0.15) is 63.9 Å². The molecule has 194 valence electrons. The normalized spacial score (nSPS) is 23.4. The maximum Gasteiger partial charge on any atom is 0.334 e. The average molecular weight is 494 g/mol. The summed E-state index contributed by atoms with van der Waals surface area (Å²) in [6, 6.07) is 8.86. The first-order valence-electron chi connectivity index (χ1n) is 13.4. The zero-order valence-corrected chi connectivity index (χ0v) is 21.4. The molecule has 4 amide bonds. The van der Waals surface area contributed by atoms with Crippen molar-refractivity contribution in [3.05, 3.63) is 35.9 Å². The molecule has 3 fully saturated rings. The number of benzene rings is 1. The van der Waals surface area contributed by atoms with Gasteiger partial charge in [0, 0.05) is 13.1 Å². The SMILES string of the molecule is C#CCN1CC(=O)N2[C@@H](CCCC)C(=O)N(CC3CCCCC3)C[C@@H]2N1C(=O)NCc1ccccc1. The molecule has 2 aliphatic heterocycles. The van der Waals surface area contributed by atoms with Crippen LogP contribution < -0.4 is 5.32 Å². The zero-order valence-electron chi connectivity index (χ0n) is 21.4. The van der Waals surface area contributed by atoms with Gasteiger partial charge in [-0.25, -0.2) is 9.80 Å². The van der Waals surface area contributed by atoms with Crippen LogP contribution in [-0.2, 0) is 16.1 Å². The Morgan fingerprint density at radius 2 is 1.89 bits per heavy atom. The first-order valence-corrected chi connectivity index (χ1v) is 13.4. The summed E-state index contributed by atoms with van der Waals surface area (Å²) in [6.45, 7) is 3.58. The third-order valence-electron chi connectivity index (χ3n) is 7.63. The van der Waals surface area contributed by atoms with Crippen LogP contribution in [0.4, 0.5) is 4.79 Å². The van der Waals surface area contributed by atoms with Crippen LogP contribution in [0.3, 0.4) is 0 Å². The molecule has 1 aromatic carbocycles. The van der Waals surface area contributed by atoms with E-state index in [2.05, 4.69) is 18.2 Å². The Labute approximate surface area is 214 Å². The molecule has 1 N–H and O–H groups in total. The van der Waals surface area contributed by atoms with Crippen molar-refractivity contribution >= 4 is 17.8 Å². The number of terminal acetylenes is 1. The van der Waals surface area contributed by atoms with Crippen LogP contribution in [0, 0.1) is 18.3 Å². The predicted octanol–water partition coefficient (Wildman–Crippen LogP) is 3.20. The summed E-state index contributed by atoms with van der Waals surface area (Å²) in [6.07, 6.45) is 13.3. The third-order valence-corrected chi connectivity index (χ3v) is 7.63. The summed E-state index contributed by atoms with van der Waals surface area (Å²) >= 11 is 0. The Morgan fingerprint density at radius 3 is 2.58 bits per heavy atom. The lowest BCUT2D eigenvalue weighted by Crippen LogP contribution is -2.76. The smallest absolute Gasteiger partial charge is 0.334 e. The maximum absolute atomic E-state index is 13.7. The molecule has 2 heterocycles. The van der Waals surface area contributed by atoms with Gasteiger partial charge in [0.25, 0.3) is 0 Å². The van der Waals surface area contributed by atoms with Crippen LogP contribution in [-0.4, -0.2) is 76.0 Å². The lowest BCUT2D eigenvalue weighted by molar-refractivity contribution is -0.189. The second-order valence-electron chi connectivity index (χ2n) is 10.2. The van der Waals surface area contributed by atoms with Crippen LogP contribution in [0.2, 0.25) is 0 Å². The molecule has 0 aromatic heterocycles. The minimum atomic E-state index is -0.571. The van der Waals surface area contributed by atoms with Crippen molar-refractivity contribution in [3.63, 3.8) is 0 Å². The van der Waals surface area contributed by atoms with Gasteiger partial charge < -0.3 is 15.1 Å². The number of nitrogens with one attached hydrogen (secondary N) is 1. The van der Waals surface area contributed by atoms with E-state index >= 15 is 0 Å². The topological polar surface area (TPSA) is 76.2 Å². The highest BCUT2D eigenvalue weighted by molar-refractivity contribution is 5.91. The maximum atomic E-state index is 13.7. The molecule has 0 unspecified atom stereocenters. The summed E-state index contributed by atoms with van der Waals surface area (Å²) < 4.78 is 0. The molecule has 2 saturated heterocycles. The Bertz CT molecular complexity index is 956. The van der Waals surface area contributed by atoms with E-state index in [0.29, 0.717) is 32.0 Å². The Hall–Kier alpha value is -3.05. The van der Waals surface area contributed by atoms with E-state index in [0.717, 1.165) is 31.2 Å². The molecule has 8 nitrogen and oxygen atoms in total. The van der Waals surface area contributed by atoms with Gasteiger partial charge in [-0.05, 0) is 30.7 Å². The summed E-state index contributed by atoms with van der Waals surface area (Å²) in [5.41, 5.74) is 0.984. The van der Waals surface area contributed by atoms with E-state index in [1.54, 1.807) is 14.9 Å². The van der Waals surface area contributed by atoms with E-state index in [-0.39, 0.29) is 30.9 Å². The second kappa shape index (κ2) is 12.3. The number of unbranched alkanes of at least 4 members (excludes halogenated alkanes) is 1. The lowest BCUT2D eigenvalue weighted by Gasteiger charge is -2.55. The quantitative estimate of drug-likeness (QED) is 0.565. The van der Waals surface area contributed by atoms with Crippen molar-refractivity contribution in [1.29, 1.82) is 0 Å². The average Bonchev–Trinajstić information content (AvgIpc) is 2.89. The molecule has 3 aliphatic rings. The molecule has 1 saturated carbocycles. The molecule has 8 heteroatoms. The van der Waals surface area contributed by atoms with Gasteiger partial charge in [0.2, 0.25) is 11.8 Å². The van der Waals surface area contributed by atoms with Gasteiger partial charge in [-0.1, -0.05) is 75.3 Å². The number of carbonyl (C=O) groups is 3. The number of fused-ring (bicyclic) bond motifs is 1. The molecular weight excluding hydrogens is 454 g/mol. The Kier molecular flexibility index (Phi) is 8.87. The number of rotatable bonds is 8. The standard InChI is InChI=1S/C28H39N5O3/c1-3-5-16-24-27(35)30(19-23-14-10-7-11-15-23)20-25-32(24)26(34)21-31(17-4-2)33(25)28(36)29-18-22-12-8-6-9-13-22/h2,6,8-9,12-13,23-25H,3,5,7,10-11,14-21H2,1H3,(H,29,36)/t24-,25-/m0/s1. The summed E-state index contributed by atoms with van der Waals surface area (Å²) in [7, 11) is 0. The Morgan fingerprint density at radius 1 is 1.14 bits per heavy atom. The van der Waals surface area contributed by atoms with Crippen LogP contribution >= 0.6 is 0 Å². The zero-order chi connectivity index (χ0) is 25.5. The first-order chi connectivity index (χ1) is 17.5. The molecule has 4 rings (SSSR count). The largest absolute Gasteiger partial charge is 0.337 e. The molecule has 1 aromatic rings. The number of piperazine rings is 1. The van der Waals surface area contributed by atoms with Gasteiger partial charge in [-0.2, -0.15) is 5.01 Å². The molecule has 0 bridgehead atoms. The van der Waals surface area contributed by atoms with E-state index in [9.17, 15) is 14.4 Å². The fourth-order valence-electron chi connectivity index (χ4n) is 5.81. The minimum absolute atomic E-state index is 0.0159. The fraction of sp³-hybridized carbons (Fsp3) is 0.607. The van der Waals surface area contributed by atoms with E-state index in [1.165, 1.54) is 19.3 Å². The van der Waals surface area contributed by atoms with Gasteiger partial charge in [-0.15, -0.1) is 6.42 Å². The summed E-state index contributed by atoms with van der Waals surface area (Å²) in [4.78, 5) is 44.2. The van der Waals surface area contributed by atoms with Crippen molar-refractivity contribution in [2.45, 2.75) is 77.0 Å². The molecule has 1 aliphatic carbocycles. The highest BCUT2D eigenvalue weighted by Gasteiger charge is 2.51. The first kappa shape index (κ1) is 26.0. The predicted molar refractivity (Wildman–Crippen MR) is 138 cm³/mol. The second-order valence-corrected chi connectivity index (χ2v) is 10.2. The van der Waals surface area contributed by atoms with E-state index < -0.39 is 12.2 Å². The third kappa shape index (κ3) is 5.84. The summed E-state index contributed by atoms with van der Waals surface area (Å²) in [5, 5.41) is 6.25. The number of hydrogen-bond acceptors (Lipinski definition) is 4. The monoisotopic (exact) mass is 493 g/mol. The molecule has 0 radical (unpaired) electrons. The van der Waals surface area contributed by atoms with E-state index in [1.807, 2.05) is 35.2 Å². The highest BCUT2D eigenvalue weighted by Crippen LogP contribution is 2.31. The molecule has 0 spiro atoms. The van der Waals surface area contributed by atoms with Gasteiger partial charge in [0.15, 0.2) is 0 Å². The van der Waals surface area contributed by atoms with Crippen molar-refractivity contribution in [1.82, 2.24) is 25.1 Å². The molecule has 2 atom stereocenters. The lowest BCUT2D eigenvalue weighted by atomic mass is 9.88. The van der Waals surface area contributed by atoms with Gasteiger partial charge in [-0.3, -0.25) is 9.59 Å². The fourth-order valence-corrected chi connectivity index (χ4v) is 5.81. The number of hydrazine groups is 1. The minimum Gasteiger partial charge on any atom is -0.337 e. The number of nitrogens with zero attached hydrogens (tertiary/aromatic N) is 4. The van der Waals surface area contributed by atoms with Crippen LogP contribution in [0.15, 0.2) is 30.3 Å². The molecule has 36 heavy (non-hydrogen) atoms. The van der Waals surface area contributed by atoms with Crippen molar-refractivity contribution in [3.8, 4) is 12.3 Å². The number of urea groups is 1. The number of carbonyl (C=O) groups excluding carboxylic acids is 3. The van der Waals surface area contributed by atoms with Gasteiger partial charge in [0.05, 0.1) is 19.6 Å². The van der Waals surface area contributed by atoms with Gasteiger partial charge >= 0.3 is 6.03 Å². The Balaban J connectivity index is 1.60. The van der Waals surface area contributed by atoms with Crippen LogP contribution in [0.5, 0.6) is 0 Å². The van der Waals surface area contributed by atoms with Crippen molar-refractivity contribution in [2.24, 2.45) is 5.92 Å². The molecular formula is C28H39N5O3. The van der Waals surface area contributed by atoms with Crippen LogP contribution in [0.25, 0.3) is 0 Å². The van der Waals surface area contributed by atoms with Crippen molar-refractivity contribution < 1.29 is 14.4 Å². The highest BCUT2D eigenvalue weighted by atomic mass is 16.2. The van der Waals surface area contributed by atoms with Crippen molar-refractivity contribution in [2.75, 3.05) is 26.2 Å².